The van der Waals surface area contributed by atoms with Crippen LogP contribution in [0.2, 0.25) is 0 Å². The molecule has 0 atom stereocenters. The van der Waals surface area contributed by atoms with Gasteiger partial charge in [0.1, 0.15) is 0 Å². The second-order valence-electron chi connectivity index (χ2n) is 14.6. The van der Waals surface area contributed by atoms with Gasteiger partial charge in [0, 0.05) is 50.0 Å². The van der Waals surface area contributed by atoms with Gasteiger partial charge in [-0.05, 0) is 119 Å². The number of aromatic nitrogens is 2. The van der Waals surface area contributed by atoms with Crippen molar-refractivity contribution in [1.82, 2.24) is 9.13 Å². The highest BCUT2D eigenvalue weighted by atomic mass is 15.1. The second kappa shape index (κ2) is 13.6. The van der Waals surface area contributed by atoms with E-state index in [9.17, 15) is 0 Å². The molecule has 3 nitrogen and oxygen atoms in total. The highest BCUT2D eigenvalue weighted by molar-refractivity contribution is 6.13. The van der Waals surface area contributed by atoms with Gasteiger partial charge in [-0.2, -0.15) is 0 Å². The maximum absolute atomic E-state index is 2.40. The molecule has 0 aliphatic rings. The smallest absolute Gasteiger partial charge is 0.0542 e. The van der Waals surface area contributed by atoms with E-state index in [0.29, 0.717) is 0 Å². The maximum Gasteiger partial charge on any atom is 0.0542 e. The molecule has 57 heavy (non-hydrogen) atoms. The number of anilines is 3. The molecule has 268 valence electrons. The van der Waals surface area contributed by atoms with Gasteiger partial charge in [-0.3, -0.25) is 0 Å². The van der Waals surface area contributed by atoms with E-state index >= 15 is 0 Å². The first-order chi connectivity index (χ1) is 28.3. The monoisotopic (exact) mass is 727 g/mol. The number of rotatable bonds is 7. The minimum Gasteiger partial charge on any atom is -0.310 e. The quantitative estimate of drug-likeness (QED) is 0.159. The summed E-state index contributed by atoms with van der Waals surface area (Å²) in [4.78, 5) is 2.40. The molecule has 0 amide bonds. The van der Waals surface area contributed by atoms with Gasteiger partial charge in [-0.1, -0.05) is 127 Å². The van der Waals surface area contributed by atoms with E-state index in [2.05, 4.69) is 238 Å². The second-order valence-corrected chi connectivity index (χ2v) is 14.6. The topological polar surface area (TPSA) is 13.1 Å². The van der Waals surface area contributed by atoms with Crippen LogP contribution < -0.4 is 4.90 Å². The summed E-state index contributed by atoms with van der Waals surface area (Å²) < 4.78 is 4.79. The third-order valence-electron chi connectivity index (χ3n) is 11.3. The van der Waals surface area contributed by atoms with E-state index in [1.807, 2.05) is 0 Å². The molecular formula is C54H37N3. The Hall–Kier alpha value is -7.62. The van der Waals surface area contributed by atoms with Crippen LogP contribution in [-0.2, 0) is 0 Å². The molecule has 0 fully saturated rings. The zero-order chi connectivity index (χ0) is 37.7. The average Bonchev–Trinajstić information content (AvgIpc) is 3.79. The SMILES string of the molecule is c1ccc(-c2ccc3c(c2)c2cc(N(c4ccccc4)c4ccc5c(c4)c4cc(-c6ccccc6)ccc4n5-c4ccccc4)ccc2n3-c2ccccc2)cc1. The van der Waals surface area contributed by atoms with Crippen molar-refractivity contribution in [3.63, 3.8) is 0 Å². The lowest BCUT2D eigenvalue weighted by atomic mass is 10.0. The lowest BCUT2D eigenvalue weighted by molar-refractivity contribution is 1.18. The number of para-hydroxylation sites is 3. The van der Waals surface area contributed by atoms with Crippen LogP contribution >= 0.6 is 0 Å². The van der Waals surface area contributed by atoms with Crippen LogP contribution in [0, 0.1) is 0 Å². The van der Waals surface area contributed by atoms with E-state index in [-0.39, 0.29) is 0 Å². The average molecular weight is 728 g/mol. The van der Waals surface area contributed by atoms with Crippen molar-refractivity contribution in [2.75, 3.05) is 4.90 Å². The van der Waals surface area contributed by atoms with Crippen LogP contribution in [0.1, 0.15) is 0 Å². The summed E-state index contributed by atoms with van der Waals surface area (Å²) in [5.74, 6) is 0. The lowest BCUT2D eigenvalue weighted by Crippen LogP contribution is -2.09. The van der Waals surface area contributed by atoms with Crippen molar-refractivity contribution in [3.8, 4) is 33.6 Å². The molecule has 0 spiro atoms. The van der Waals surface area contributed by atoms with Gasteiger partial charge in [0.25, 0.3) is 0 Å². The number of fused-ring (bicyclic) bond motifs is 6. The zero-order valence-corrected chi connectivity index (χ0v) is 31.2. The van der Waals surface area contributed by atoms with Crippen LogP contribution in [0.4, 0.5) is 17.1 Å². The summed E-state index contributed by atoms with van der Waals surface area (Å²) in [7, 11) is 0. The number of hydrogen-bond donors (Lipinski definition) is 0. The summed E-state index contributed by atoms with van der Waals surface area (Å²) in [5, 5.41) is 4.86. The van der Waals surface area contributed by atoms with Gasteiger partial charge in [0.05, 0.1) is 22.1 Å². The zero-order valence-electron chi connectivity index (χ0n) is 31.2. The van der Waals surface area contributed by atoms with E-state index in [0.717, 1.165) is 28.4 Å². The van der Waals surface area contributed by atoms with Gasteiger partial charge in [0.2, 0.25) is 0 Å². The molecule has 0 saturated heterocycles. The fraction of sp³-hybridized carbons (Fsp3) is 0. The molecule has 0 N–H and O–H groups in total. The predicted molar refractivity (Wildman–Crippen MR) is 241 cm³/mol. The van der Waals surface area contributed by atoms with Gasteiger partial charge in [0.15, 0.2) is 0 Å². The Morgan fingerprint density at radius 1 is 0.246 bits per heavy atom. The number of hydrogen-bond acceptors (Lipinski definition) is 1. The summed E-state index contributed by atoms with van der Waals surface area (Å²) in [5.41, 5.74) is 15.1. The molecule has 3 heteroatoms. The summed E-state index contributed by atoms with van der Waals surface area (Å²) in [6, 6.07) is 81.2. The fourth-order valence-electron chi connectivity index (χ4n) is 8.66. The Morgan fingerprint density at radius 2 is 0.579 bits per heavy atom. The van der Waals surface area contributed by atoms with E-state index in [1.165, 1.54) is 65.9 Å². The first-order valence-electron chi connectivity index (χ1n) is 19.5. The predicted octanol–water partition coefficient (Wildman–Crippen LogP) is 14.7. The van der Waals surface area contributed by atoms with E-state index in [4.69, 9.17) is 0 Å². The van der Waals surface area contributed by atoms with Gasteiger partial charge in [-0.25, -0.2) is 0 Å². The van der Waals surface area contributed by atoms with E-state index < -0.39 is 0 Å². The van der Waals surface area contributed by atoms with Crippen molar-refractivity contribution in [3.05, 3.63) is 224 Å². The molecule has 9 aromatic carbocycles. The molecule has 11 rings (SSSR count). The lowest BCUT2D eigenvalue weighted by Gasteiger charge is -2.26. The Balaban J connectivity index is 1.15. The van der Waals surface area contributed by atoms with Crippen LogP contribution in [0.25, 0.3) is 77.2 Å². The molecule has 0 saturated carbocycles. The normalized spacial score (nSPS) is 11.5. The minimum absolute atomic E-state index is 1.10. The Kier molecular flexibility index (Phi) is 7.82. The van der Waals surface area contributed by atoms with E-state index in [1.54, 1.807) is 0 Å². The Bertz CT molecular complexity index is 3000. The molecule has 2 aromatic heterocycles. The summed E-state index contributed by atoms with van der Waals surface area (Å²) in [6.07, 6.45) is 0. The molecule has 11 aromatic rings. The highest BCUT2D eigenvalue weighted by Crippen LogP contribution is 2.43. The molecule has 0 unspecified atom stereocenters. The largest absolute Gasteiger partial charge is 0.310 e. The van der Waals surface area contributed by atoms with Gasteiger partial charge in [-0.15, -0.1) is 0 Å². The first-order valence-corrected chi connectivity index (χ1v) is 19.5. The van der Waals surface area contributed by atoms with Gasteiger partial charge >= 0.3 is 0 Å². The summed E-state index contributed by atoms with van der Waals surface area (Å²) >= 11 is 0. The third kappa shape index (κ3) is 5.60. The van der Waals surface area contributed by atoms with Crippen molar-refractivity contribution >= 4 is 60.7 Å². The summed E-state index contributed by atoms with van der Waals surface area (Å²) in [6.45, 7) is 0. The molecule has 0 radical (unpaired) electrons. The Labute approximate surface area is 331 Å². The standard InChI is InChI=1S/C54H37N3/c1-6-16-38(17-7-1)40-26-30-51-47(34-40)49-36-45(28-32-53(49)56(51)43-22-12-4-13-23-43)55(42-20-10-3-11-21-42)46-29-33-54-50(37-46)48-35-41(39-18-8-2-9-19-39)27-31-52(48)57(54)44-24-14-5-15-25-44/h1-37H. The molecule has 0 bridgehead atoms. The van der Waals surface area contributed by atoms with Crippen molar-refractivity contribution in [2.45, 2.75) is 0 Å². The molecule has 2 heterocycles. The van der Waals surface area contributed by atoms with Crippen molar-refractivity contribution in [1.29, 1.82) is 0 Å². The third-order valence-corrected chi connectivity index (χ3v) is 11.3. The fourth-order valence-corrected chi connectivity index (χ4v) is 8.66. The Morgan fingerprint density at radius 3 is 0.982 bits per heavy atom. The molecule has 0 aliphatic carbocycles. The maximum atomic E-state index is 2.40. The van der Waals surface area contributed by atoms with Crippen LogP contribution in [0.5, 0.6) is 0 Å². The minimum atomic E-state index is 1.10. The number of nitrogens with zero attached hydrogens (tertiary/aromatic N) is 3. The van der Waals surface area contributed by atoms with Crippen molar-refractivity contribution < 1.29 is 0 Å². The van der Waals surface area contributed by atoms with Crippen LogP contribution in [-0.4, -0.2) is 9.13 Å². The first kappa shape index (κ1) is 32.8. The van der Waals surface area contributed by atoms with Crippen LogP contribution in [0.3, 0.4) is 0 Å². The number of benzene rings is 9. The van der Waals surface area contributed by atoms with Crippen LogP contribution in [0.15, 0.2) is 224 Å². The van der Waals surface area contributed by atoms with Gasteiger partial charge < -0.3 is 14.0 Å². The highest BCUT2D eigenvalue weighted by Gasteiger charge is 2.20. The molecule has 0 aliphatic heterocycles. The van der Waals surface area contributed by atoms with Crippen molar-refractivity contribution in [2.24, 2.45) is 0 Å². The molecular weight excluding hydrogens is 691 g/mol.